The molecule has 0 spiro atoms. The molecule has 16 atom stereocenters. The molecule has 0 amide bonds. The zero-order valence-electron chi connectivity index (χ0n) is 53.7. The van der Waals surface area contributed by atoms with Crippen molar-refractivity contribution >= 4 is 11.9 Å². The minimum Gasteiger partial charge on any atom is -0.462 e. The van der Waals surface area contributed by atoms with Crippen LogP contribution in [0.4, 0.5) is 0 Å². The van der Waals surface area contributed by atoms with Crippen LogP contribution in [0.1, 0.15) is 313 Å². The fourth-order valence-corrected chi connectivity index (χ4v) is 20.6. The molecular weight excluding hydrogens is 977 g/mol. The molecule has 80 heavy (non-hydrogen) atoms. The van der Waals surface area contributed by atoms with E-state index in [0.29, 0.717) is 34.5 Å². The number of hydrogen-bond donors (Lipinski definition) is 0. The van der Waals surface area contributed by atoms with E-state index in [1.54, 1.807) is 11.1 Å². The lowest BCUT2D eigenvalue weighted by Gasteiger charge is -2.58. The number of carbonyl (C=O) groups excluding carboxylic acids is 2. The van der Waals surface area contributed by atoms with E-state index in [4.69, 9.17) is 9.47 Å². The van der Waals surface area contributed by atoms with Gasteiger partial charge in [-0.15, -0.1) is 0 Å². The van der Waals surface area contributed by atoms with Crippen molar-refractivity contribution in [3.63, 3.8) is 0 Å². The fraction of sp³-hybridized carbons (Fsp3) is 0.868. The van der Waals surface area contributed by atoms with Gasteiger partial charge in [-0.05, 0) is 220 Å². The Morgan fingerprint density at radius 1 is 0.463 bits per heavy atom. The Morgan fingerprint density at radius 3 is 1.25 bits per heavy atom. The van der Waals surface area contributed by atoms with Crippen molar-refractivity contribution in [2.24, 2.45) is 92.7 Å². The highest BCUT2D eigenvalue weighted by Gasteiger charge is 2.61. The first-order chi connectivity index (χ1) is 38.5. The van der Waals surface area contributed by atoms with Gasteiger partial charge in [0.05, 0.1) is 0 Å². The summed E-state index contributed by atoms with van der Waals surface area (Å²) in [5.74, 6) is 23.1. The molecule has 0 heterocycles. The van der Waals surface area contributed by atoms with Gasteiger partial charge in [-0.25, -0.2) is 0 Å². The fourth-order valence-electron chi connectivity index (χ4n) is 20.6. The molecule has 0 N–H and O–H groups in total. The molecule has 6 saturated carbocycles. The third-order valence-corrected chi connectivity index (χ3v) is 25.2. The third kappa shape index (κ3) is 15.5. The zero-order valence-corrected chi connectivity index (χ0v) is 53.7. The summed E-state index contributed by atoms with van der Waals surface area (Å²) >= 11 is 0. The van der Waals surface area contributed by atoms with Crippen LogP contribution >= 0.6 is 0 Å². The second-order valence-electron chi connectivity index (χ2n) is 31.1. The number of unbranched alkanes of at least 4 members (excludes halogenated alkanes) is 12. The van der Waals surface area contributed by atoms with Crippen LogP contribution in [0.3, 0.4) is 0 Å². The van der Waals surface area contributed by atoms with Crippen molar-refractivity contribution in [2.45, 2.75) is 325 Å². The smallest absolute Gasteiger partial charge is 0.306 e. The Bertz CT molecular complexity index is 2020. The molecular formula is C76H122O4. The lowest BCUT2D eigenvalue weighted by molar-refractivity contribution is -0.152. The average Bonchev–Trinajstić information content (AvgIpc) is 4.14. The van der Waals surface area contributed by atoms with E-state index in [2.05, 4.69) is 105 Å². The molecule has 4 heteroatoms. The number of ether oxygens (including phenoxy) is 2. The number of esters is 2. The van der Waals surface area contributed by atoms with Gasteiger partial charge in [-0.3, -0.25) is 9.59 Å². The van der Waals surface area contributed by atoms with Gasteiger partial charge in [0.1, 0.15) is 12.2 Å². The van der Waals surface area contributed by atoms with Crippen LogP contribution in [0.15, 0.2) is 23.3 Å². The molecule has 8 aliphatic rings. The summed E-state index contributed by atoms with van der Waals surface area (Å²) < 4.78 is 12.4. The van der Waals surface area contributed by atoms with E-state index in [9.17, 15) is 9.59 Å². The molecule has 450 valence electrons. The second kappa shape index (κ2) is 29.6. The van der Waals surface area contributed by atoms with E-state index in [1.807, 2.05) is 0 Å². The van der Waals surface area contributed by atoms with Crippen molar-refractivity contribution in [1.29, 1.82) is 0 Å². The van der Waals surface area contributed by atoms with Gasteiger partial charge >= 0.3 is 11.9 Å². The standard InChI is InChI=1S/C76H122O4/c1-55(2)31-29-33-57(5)65-41-43-67-63-39-37-59-53-61(45-49-73(59,7)69(63)47-51-75(65,67)9)79-71(77)35-27-25-23-21-19-17-15-13-11-12-14-16-18-20-22-24-26-28-36-72(78)80-62-46-50-74(8)60(54-62)38-40-64-68-44-42-66(58(6)34-30-32-56(3)4)76(68,10)52-48-70(64)74/h37-38,55-58,61-70H,15-36,39-54H2,1-10H3. The summed E-state index contributed by atoms with van der Waals surface area (Å²) in [6.45, 7) is 25.3. The number of carbonyl (C=O) groups is 2. The maximum Gasteiger partial charge on any atom is 0.306 e. The topological polar surface area (TPSA) is 52.6 Å². The summed E-state index contributed by atoms with van der Waals surface area (Å²) in [5, 5.41) is 0. The van der Waals surface area contributed by atoms with Gasteiger partial charge in [0, 0.05) is 38.5 Å². The maximum atomic E-state index is 13.0. The second-order valence-corrected chi connectivity index (χ2v) is 31.1. The molecule has 0 aromatic carbocycles. The Balaban J connectivity index is 0.600. The molecule has 0 bridgehead atoms. The van der Waals surface area contributed by atoms with Gasteiger partial charge in [0.15, 0.2) is 0 Å². The normalized spacial score (nSPS) is 35.8. The SMILES string of the molecule is CC(C)CCCC(C)C1CCC2C3CC=C4CC(OC(=O)CCCCCCCCC#CC#CCCCCCCCCC(=O)OC5CCC6(C)C(=CCC7C6CCC6(C)C(C(C)CCCC(C)C)CCC76)C5)CCC4(C)C3CCC12C. The molecule has 6 fully saturated rings. The van der Waals surface area contributed by atoms with Crippen molar-refractivity contribution in [1.82, 2.24) is 0 Å². The van der Waals surface area contributed by atoms with Gasteiger partial charge < -0.3 is 9.47 Å². The molecule has 4 nitrogen and oxygen atoms in total. The molecule has 16 unspecified atom stereocenters. The van der Waals surface area contributed by atoms with Crippen LogP contribution in [-0.2, 0) is 19.1 Å². The monoisotopic (exact) mass is 1100 g/mol. The summed E-state index contributed by atoms with van der Waals surface area (Å²) in [6, 6.07) is 0. The minimum atomic E-state index is 0.0272. The zero-order chi connectivity index (χ0) is 56.9. The van der Waals surface area contributed by atoms with Crippen molar-refractivity contribution in [3.8, 4) is 23.7 Å². The molecule has 0 aliphatic heterocycles. The molecule has 8 rings (SSSR count). The van der Waals surface area contributed by atoms with Gasteiger partial charge in [0.25, 0.3) is 0 Å². The van der Waals surface area contributed by atoms with Crippen LogP contribution in [0.25, 0.3) is 0 Å². The van der Waals surface area contributed by atoms with E-state index in [0.717, 1.165) is 148 Å². The molecule has 0 radical (unpaired) electrons. The molecule has 0 aromatic rings. The van der Waals surface area contributed by atoms with Crippen molar-refractivity contribution in [3.05, 3.63) is 23.3 Å². The molecule has 0 saturated heterocycles. The summed E-state index contributed by atoms with van der Waals surface area (Å²) in [6.07, 6.45) is 50.7. The van der Waals surface area contributed by atoms with Gasteiger partial charge in [0.2, 0.25) is 0 Å². The van der Waals surface area contributed by atoms with E-state index in [1.165, 1.54) is 154 Å². The van der Waals surface area contributed by atoms with Crippen LogP contribution in [0, 0.1) is 116 Å². The first-order valence-corrected chi connectivity index (χ1v) is 35.2. The Hall–Kier alpha value is -2.46. The Kier molecular flexibility index (Phi) is 23.5. The lowest BCUT2D eigenvalue weighted by atomic mass is 9.47. The quantitative estimate of drug-likeness (QED) is 0.0339. The highest BCUT2D eigenvalue weighted by atomic mass is 16.5. The predicted molar refractivity (Wildman–Crippen MR) is 335 cm³/mol. The highest BCUT2D eigenvalue weighted by Crippen LogP contribution is 2.69. The van der Waals surface area contributed by atoms with Crippen LogP contribution in [0.2, 0.25) is 0 Å². The number of fused-ring (bicyclic) bond motifs is 10. The summed E-state index contributed by atoms with van der Waals surface area (Å²) in [4.78, 5) is 26.0. The Labute approximate surface area is 493 Å². The maximum absolute atomic E-state index is 13.0. The largest absolute Gasteiger partial charge is 0.462 e. The van der Waals surface area contributed by atoms with Gasteiger partial charge in [-0.1, -0.05) is 194 Å². The molecule has 0 aromatic heterocycles. The number of allylic oxidation sites excluding steroid dienone is 2. The predicted octanol–water partition coefficient (Wildman–Crippen LogP) is 21.1. The average molecular weight is 1100 g/mol. The van der Waals surface area contributed by atoms with Crippen molar-refractivity contribution in [2.75, 3.05) is 0 Å². The van der Waals surface area contributed by atoms with E-state index < -0.39 is 0 Å². The molecule has 8 aliphatic carbocycles. The summed E-state index contributed by atoms with van der Waals surface area (Å²) in [5.41, 5.74) is 4.92. The minimum absolute atomic E-state index is 0.0272. The third-order valence-electron chi connectivity index (χ3n) is 25.2. The first kappa shape index (κ1) is 63.6. The Morgan fingerprint density at radius 2 is 0.850 bits per heavy atom. The number of hydrogen-bond acceptors (Lipinski definition) is 4. The lowest BCUT2D eigenvalue weighted by Crippen LogP contribution is -2.51. The number of rotatable bonds is 28. The van der Waals surface area contributed by atoms with E-state index >= 15 is 0 Å². The van der Waals surface area contributed by atoms with Crippen LogP contribution < -0.4 is 0 Å². The van der Waals surface area contributed by atoms with E-state index in [-0.39, 0.29) is 24.1 Å². The van der Waals surface area contributed by atoms with Gasteiger partial charge in [-0.2, -0.15) is 0 Å². The summed E-state index contributed by atoms with van der Waals surface area (Å²) in [7, 11) is 0. The highest BCUT2D eigenvalue weighted by molar-refractivity contribution is 5.70. The first-order valence-electron chi connectivity index (χ1n) is 35.2. The van der Waals surface area contributed by atoms with Crippen LogP contribution in [-0.4, -0.2) is 24.1 Å². The van der Waals surface area contributed by atoms with Crippen LogP contribution in [0.5, 0.6) is 0 Å². The van der Waals surface area contributed by atoms with Crippen molar-refractivity contribution < 1.29 is 19.1 Å².